The Morgan fingerprint density at radius 1 is 1.22 bits per heavy atom. The van der Waals surface area contributed by atoms with Crippen LogP contribution < -0.4 is 5.32 Å². The molecule has 144 valence electrons. The molecule has 0 fully saturated rings. The Morgan fingerprint density at radius 2 is 1.93 bits per heavy atom. The van der Waals surface area contributed by atoms with Gasteiger partial charge in [-0.2, -0.15) is 0 Å². The van der Waals surface area contributed by atoms with Gasteiger partial charge in [-0.25, -0.2) is 0 Å². The van der Waals surface area contributed by atoms with Gasteiger partial charge >= 0.3 is 0 Å². The fourth-order valence-electron chi connectivity index (χ4n) is 2.60. The molecule has 2 aromatic rings. The summed E-state index contributed by atoms with van der Waals surface area (Å²) in [5.41, 5.74) is -0.0553. The molecule has 8 heteroatoms. The van der Waals surface area contributed by atoms with Crippen LogP contribution in [0.1, 0.15) is 42.6 Å². The molecule has 0 bridgehead atoms. The van der Waals surface area contributed by atoms with Crippen LogP contribution >= 0.6 is 0 Å². The number of non-ortho nitro benzene ring substituents is 1. The van der Waals surface area contributed by atoms with Crippen LogP contribution in [0, 0.1) is 17.0 Å². The second-order valence-corrected chi connectivity index (χ2v) is 6.57. The van der Waals surface area contributed by atoms with E-state index in [1.807, 2.05) is 32.9 Å². The first kappa shape index (κ1) is 20.2. The summed E-state index contributed by atoms with van der Waals surface area (Å²) in [5, 5.41) is 13.5. The predicted molar refractivity (Wildman–Crippen MR) is 99.2 cm³/mol. The zero-order valence-electron chi connectivity index (χ0n) is 15.8. The maximum atomic E-state index is 12.8. The molecule has 0 radical (unpaired) electrons. The molecule has 1 aromatic heterocycles. The molecule has 1 unspecified atom stereocenters. The molecule has 1 heterocycles. The lowest BCUT2D eigenvalue weighted by molar-refractivity contribution is -0.384. The molecule has 0 aliphatic carbocycles. The second kappa shape index (κ2) is 8.48. The van der Waals surface area contributed by atoms with Gasteiger partial charge in [-0.1, -0.05) is 6.07 Å². The summed E-state index contributed by atoms with van der Waals surface area (Å²) in [6.07, 6.45) is 0. The molecular formula is C19H23N3O5. The van der Waals surface area contributed by atoms with Gasteiger partial charge in [-0.15, -0.1) is 0 Å². The van der Waals surface area contributed by atoms with Gasteiger partial charge < -0.3 is 14.6 Å². The number of hydrogen-bond acceptors (Lipinski definition) is 5. The molecule has 8 nitrogen and oxygen atoms in total. The SMILES string of the molecule is Cc1ccc(CN(C(=O)C(C)NC(=O)c2cccc([N+](=O)[O-])c2)C(C)C)o1. The van der Waals surface area contributed by atoms with E-state index < -0.39 is 16.9 Å². The lowest BCUT2D eigenvalue weighted by atomic mass is 10.1. The van der Waals surface area contributed by atoms with Crippen molar-refractivity contribution >= 4 is 17.5 Å². The number of nitro benzene ring substituents is 1. The minimum atomic E-state index is -0.796. The first-order valence-electron chi connectivity index (χ1n) is 8.60. The highest BCUT2D eigenvalue weighted by atomic mass is 16.6. The van der Waals surface area contributed by atoms with Crippen LogP contribution in [0.25, 0.3) is 0 Å². The van der Waals surface area contributed by atoms with Gasteiger partial charge in [0.1, 0.15) is 17.6 Å². The van der Waals surface area contributed by atoms with E-state index in [1.165, 1.54) is 24.3 Å². The number of hydrogen-bond donors (Lipinski definition) is 1. The van der Waals surface area contributed by atoms with Gasteiger partial charge in [0.05, 0.1) is 11.5 Å². The number of rotatable bonds is 7. The average molecular weight is 373 g/mol. The zero-order valence-corrected chi connectivity index (χ0v) is 15.8. The lowest BCUT2D eigenvalue weighted by Gasteiger charge is -2.29. The van der Waals surface area contributed by atoms with E-state index >= 15 is 0 Å². The Balaban J connectivity index is 2.08. The predicted octanol–water partition coefficient (Wildman–Crippen LogP) is 3.05. The van der Waals surface area contributed by atoms with Crippen LogP contribution in [-0.4, -0.2) is 33.7 Å². The van der Waals surface area contributed by atoms with E-state index in [2.05, 4.69) is 5.32 Å². The zero-order chi connectivity index (χ0) is 20.1. The summed E-state index contributed by atoms with van der Waals surface area (Å²) in [6.45, 7) is 7.46. The molecule has 27 heavy (non-hydrogen) atoms. The second-order valence-electron chi connectivity index (χ2n) is 6.57. The number of amides is 2. The van der Waals surface area contributed by atoms with Gasteiger partial charge in [0.25, 0.3) is 11.6 Å². The highest BCUT2D eigenvalue weighted by Gasteiger charge is 2.26. The first-order valence-corrected chi connectivity index (χ1v) is 8.60. The Hall–Kier alpha value is -3.16. The molecule has 0 saturated carbocycles. The van der Waals surface area contributed by atoms with Gasteiger partial charge in [0.15, 0.2) is 0 Å². The average Bonchev–Trinajstić information content (AvgIpc) is 3.03. The van der Waals surface area contributed by atoms with Crippen molar-refractivity contribution < 1.29 is 18.9 Å². The summed E-state index contributed by atoms with van der Waals surface area (Å²) >= 11 is 0. The van der Waals surface area contributed by atoms with Crippen molar-refractivity contribution in [2.45, 2.75) is 46.3 Å². The quantitative estimate of drug-likeness (QED) is 0.593. The normalized spacial score (nSPS) is 11.9. The molecule has 0 saturated heterocycles. The number of carbonyl (C=O) groups is 2. The minimum Gasteiger partial charge on any atom is -0.464 e. The van der Waals surface area contributed by atoms with Crippen LogP contribution in [0.2, 0.25) is 0 Å². The van der Waals surface area contributed by atoms with E-state index in [4.69, 9.17) is 4.42 Å². The van der Waals surface area contributed by atoms with Crippen LogP contribution in [-0.2, 0) is 11.3 Å². The van der Waals surface area contributed by atoms with E-state index in [9.17, 15) is 19.7 Å². The molecule has 0 aliphatic rings. The number of furan rings is 1. The molecule has 0 spiro atoms. The van der Waals surface area contributed by atoms with Gasteiger partial charge in [0.2, 0.25) is 5.91 Å². The van der Waals surface area contributed by atoms with Gasteiger partial charge in [-0.05, 0) is 45.9 Å². The molecule has 2 amide bonds. The van der Waals surface area contributed by atoms with Crippen molar-refractivity contribution in [3.63, 3.8) is 0 Å². The molecule has 2 rings (SSSR count). The summed E-state index contributed by atoms with van der Waals surface area (Å²) in [5.74, 6) is 0.606. The monoisotopic (exact) mass is 373 g/mol. The van der Waals surface area contributed by atoms with Gasteiger partial charge in [0, 0.05) is 23.7 Å². The summed E-state index contributed by atoms with van der Waals surface area (Å²) < 4.78 is 5.53. The molecular weight excluding hydrogens is 350 g/mol. The number of benzene rings is 1. The summed E-state index contributed by atoms with van der Waals surface area (Å²) in [6, 6.07) is 8.12. The number of aryl methyl sites for hydroxylation is 1. The lowest BCUT2D eigenvalue weighted by Crippen LogP contribution is -2.48. The number of nitrogens with zero attached hydrogens (tertiary/aromatic N) is 2. The number of carbonyl (C=O) groups excluding carboxylic acids is 2. The summed E-state index contributed by atoms with van der Waals surface area (Å²) in [4.78, 5) is 37.1. The highest BCUT2D eigenvalue weighted by molar-refractivity contribution is 5.97. The van der Waals surface area contributed by atoms with Crippen molar-refractivity contribution in [1.29, 1.82) is 0 Å². The summed E-state index contributed by atoms with van der Waals surface area (Å²) in [7, 11) is 0. The number of nitrogens with one attached hydrogen (secondary N) is 1. The molecule has 1 N–H and O–H groups in total. The van der Waals surface area contributed by atoms with E-state index in [0.29, 0.717) is 12.3 Å². The van der Waals surface area contributed by atoms with Crippen molar-refractivity contribution in [2.24, 2.45) is 0 Å². The van der Waals surface area contributed by atoms with Crippen molar-refractivity contribution in [3.8, 4) is 0 Å². The van der Waals surface area contributed by atoms with E-state index in [0.717, 1.165) is 5.76 Å². The van der Waals surface area contributed by atoms with Crippen LogP contribution in [0.15, 0.2) is 40.8 Å². The fraction of sp³-hybridized carbons (Fsp3) is 0.368. The highest BCUT2D eigenvalue weighted by Crippen LogP contribution is 2.15. The van der Waals surface area contributed by atoms with Crippen LogP contribution in [0.4, 0.5) is 5.69 Å². The molecule has 1 aromatic carbocycles. The molecule has 1 atom stereocenters. The number of nitro groups is 1. The van der Waals surface area contributed by atoms with Crippen molar-refractivity contribution in [1.82, 2.24) is 10.2 Å². The largest absolute Gasteiger partial charge is 0.464 e. The Labute approximate surface area is 157 Å². The maximum Gasteiger partial charge on any atom is 0.270 e. The smallest absolute Gasteiger partial charge is 0.270 e. The standard InChI is InChI=1S/C19H23N3O5/c1-12(2)21(11-17-9-8-13(3)27-17)19(24)14(4)20-18(23)15-6-5-7-16(10-15)22(25)26/h5-10,12,14H,11H2,1-4H3,(H,20,23). The third-order valence-electron chi connectivity index (χ3n) is 4.07. The first-order chi connectivity index (χ1) is 12.7. The fourth-order valence-corrected chi connectivity index (χ4v) is 2.60. The van der Waals surface area contributed by atoms with E-state index in [-0.39, 0.29) is 23.2 Å². The third kappa shape index (κ3) is 5.16. The molecule has 0 aliphatic heterocycles. The van der Waals surface area contributed by atoms with Crippen molar-refractivity contribution in [3.05, 3.63) is 63.6 Å². The Bertz CT molecular complexity index is 843. The minimum absolute atomic E-state index is 0.0972. The maximum absolute atomic E-state index is 12.8. The topological polar surface area (TPSA) is 106 Å². The van der Waals surface area contributed by atoms with Crippen LogP contribution in [0.5, 0.6) is 0 Å². The van der Waals surface area contributed by atoms with Gasteiger partial charge in [-0.3, -0.25) is 19.7 Å². The Morgan fingerprint density at radius 3 is 2.48 bits per heavy atom. The van der Waals surface area contributed by atoms with Crippen molar-refractivity contribution in [2.75, 3.05) is 0 Å². The Kier molecular flexibility index (Phi) is 6.33. The van der Waals surface area contributed by atoms with Crippen LogP contribution in [0.3, 0.4) is 0 Å². The third-order valence-corrected chi connectivity index (χ3v) is 4.07. The van der Waals surface area contributed by atoms with E-state index in [1.54, 1.807) is 11.8 Å².